The second-order valence-corrected chi connectivity index (χ2v) is 8.05. The predicted octanol–water partition coefficient (Wildman–Crippen LogP) is 3.11. The van der Waals surface area contributed by atoms with Gasteiger partial charge in [0.15, 0.2) is 5.69 Å². The normalized spacial score (nSPS) is 13.8. The zero-order valence-electron chi connectivity index (χ0n) is 16.8. The fourth-order valence-electron chi connectivity index (χ4n) is 3.55. The van der Waals surface area contributed by atoms with Crippen LogP contribution in [0.4, 0.5) is 8.78 Å². The van der Waals surface area contributed by atoms with Crippen LogP contribution in [0, 0.1) is 6.92 Å². The fourth-order valence-corrected chi connectivity index (χ4v) is 3.67. The summed E-state index contributed by atoms with van der Waals surface area (Å²) in [4.78, 5) is 28.5. The highest BCUT2D eigenvalue weighted by Gasteiger charge is 2.34. The van der Waals surface area contributed by atoms with Crippen molar-refractivity contribution in [3.05, 3.63) is 56.6 Å². The topological polar surface area (TPSA) is 91.3 Å². The Bertz CT molecular complexity index is 1190. The molecule has 0 radical (unpaired) electrons. The standard InChI is InChI=1S/C21H22ClF2N5O2/c1-11-8-13(4-5-14(11)22)15-10-29-19(21(31)27-15)17(12-2-3-12)18(28-29)20(30)26-7-6-25-9-16(23)24/h4-5,8,10,12,16,25H,2-3,6-7,9H2,1H3,(H,26,30)(H,27,31). The molecule has 0 bridgehead atoms. The SMILES string of the molecule is Cc1cc(-c2cn3nc(C(=O)NCCNCC(F)F)c(C4CC4)c3c(=O)[nH]2)ccc1Cl. The molecule has 7 nitrogen and oxygen atoms in total. The van der Waals surface area contributed by atoms with Crippen molar-refractivity contribution in [3.8, 4) is 11.3 Å². The Morgan fingerprint density at radius 2 is 2.13 bits per heavy atom. The second-order valence-electron chi connectivity index (χ2n) is 7.64. The lowest BCUT2D eigenvalue weighted by Gasteiger charge is -2.06. The van der Waals surface area contributed by atoms with E-state index in [1.54, 1.807) is 18.3 Å². The molecule has 1 fully saturated rings. The van der Waals surface area contributed by atoms with E-state index < -0.39 is 18.9 Å². The van der Waals surface area contributed by atoms with E-state index >= 15 is 0 Å². The van der Waals surface area contributed by atoms with Crippen LogP contribution in [0.3, 0.4) is 0 Å². The number of hydrogen-bond acceptors (Lipinski definition) is 4. The third kappa shape index (κ3) is 4.62. The van der Waals surface area contributed by atoms with Crippen LogP contribution in [0.15, 0.2) is 29.2 Å². The molecule has 1 amide bonds. The molecule has 1 aliphatic carbocycles. The van der Waals surface area contributed by atoms with Gasteiger partial charge < -0.3 is 15.6 Å². The third-order valence-electron chi connectivity index (χ3n) is 5.22. The van der Waals surface area contributed by atoms with Gasteiger partial charge in [-0.25, -0.2) is 13.3 Å². The van der Waals surface area contributed by atoms with Crippen molar-refractivity contribution in [2.75, 3.05) is 19.6 Å². The number of halogens is 3. The van der Waals surface area contributed by atoms with Crippen LogP contribution in [-0.4, -0.2) is 46.6 Å². The van der Waals surface area contributed by atoms with Gasteiger partial charge in [0, 0.05) is 23.7 Å². The summed E-state index contributed by atoms with van der Waals surface area (Å²) in [5, 5.41) is 10.3. The zero-order chi connectivity index (χ0) is 22.1. The van der Waals surface area contributed by atoms with Crippen molar-refractivity contribution in [1.82, 2.24) is 25.2 Å². The maximum atomic E-state index is 12.9. The number of aromatic amines is 1. The van der Waals surface area contributed by atoms with Crippen molar-refractivity contribution >= 4 is 23.0 Å². The first-order chi connectivity index (χ1) is 14.8. The molecule has 31 heavy (non-hydrogen) atoms. The first-order valence-electron chi connectivity index (χ1n) is 10.0. The molecule has 1 aromatic carbocycles. The lowest BCUT2D eigenvalue weighted by atomic mass is 10.1. The molecule has 0 aliphatic heterocycles. The molecule has 0 unspecified atom stereocenters. The predicted molar refractivity (Wildman–Crippen MR) is 114 cm³/mol. The molecule has 3 N–H and O–H groups in total. The summed E-state index contributed by atoms with van der Waals surface area (Å²) in [7, 11) is 0. The third-order valence-corrected chi connectivity index (χ3v) is 5.64. The Hall–Kier alpha value is -2.78. The summed E-state index contributed by atoms with van der Waals surface area (Å²) >= 11 is 6.10. The van der Waals surface area contributed by atoms with E-state index in [0.29, 0.717) is 21.8 Å². The summed E-state index contributed by atoms with van der Waals surface area (Å²) in [5.41, 5.74) is 3.09. The molecular formula is C21H22ClF2N5O2. The van der Waals surface area contributed by atoms with Crippen molar-refractivity contribution in [2.24, 2.45) is 0 Å². The molecule has 2 aromatic heterocycles. The molecule has 1 aliphatic rings. The number of H-pyrrole nitrogens is 1. The highest BCUT2D eigenvalue weighted by atomic mass is 35.5. The number of fused-ring (bicyclic) bond motifs is 1. The molecule has 10 heteroatoms. The molecule has 1 saturated carbocycles. The van der Waals surface area contributed by atoms with Crippen LogP contribution >= 0.6 is 11.6 Å². The number of alkyl halides is 2. The van der Waals surface area contributed by atoms with Crippen molar-refractivity contribution in [3.63, 3.8) is 0 Å². The number of rotatable bonds is 8. The first kappa shape index (κ1) is 21.5. The second kappa shape index (κ2) is 8.76. The van der Waals surface area contributed by atoms with Crippen LogP contribution in [0.2, 0.25) is 5.02 Å². The number of carbonyl (C=O) groups excluding carboxylic acids is 1. The van der Waals surface area contributed by atoms with Crippen LogP contribution in [0.1, 0.15) is 40.4 Å². The summed E-state index contributed by atoms with van der Waals surface area (Å²) in [6.45, 7) is 1.83. The lowest BCUT2D eigenvalue weighted by molar-refractivity contribution is 0.0947. The van der Waals surface area contributed by atoms with Gasteiger partial charge in [-0.3, -0.25) is 9.59 Å². The Morgan fingerprint density at radius 3 is 2.81 bits per heavy atom. The summed E-state index contributed by atoms with van der Waals surface area (Å²) in [6, 6.07) is 5.43. The highest BCUT2D eigenvalue weighted by molar-refractivity contribution is 6.31. The van der Waals surface area contributed by atoms with Crippen LogP contribution in [0.5, 0.6) is 0 Å². The smallest absolute Gasteiger partial charge is 0.274 e. The number of benzene rings is 1. The van der Waals surface area contributed by atoms with Gasteiger partial charge in [-0.1, -0.05) is 17.7 Å². The number of amides is 1. The summed E-state index contributed by atoms with van der Waals surface area (Å²) < 4.78 is 25.8. The van der Waals surface area contributed by atoms with Crippen LogP contribution in [-0.2, 0) is 0 Å². The molecule has 164 valence electrons. The summed E-state index contributed by atoms with van der Waals surface area (Å²) in [5.74, 6) is -0.312. The van der Waals surface area contributed by atoms with Gasteiger partial charge in [-0.05, 0) is 48.9 Å². The number of aryl methyl sites for hydroxylation is 1. The highest BCUT2D eigenvalue weighted by Crippen LogP contribution is 2.43. The summed E-state index contributed by atoms with van der Waals surface area (Å²) in [6.07, 6.45) is 1.01. The minimum Gasteiger partial charge on any atom is -0.349 e. The van der Waals surface area contributed by atoms with Gasteiger partial charge in [0.05, 0.1) is 18.4 Å². The van der Waals surface area contributed by atoms with Crippen molar-refractivity contribution in [1.29, 1.82) is 0 Å². The number of carbonyl (C=O) groups is 1. The fraction of sp³-hybridized carbons (Fsp3) is 0.381. The van der Waals surface area contributed by atoms with Gasteiger partial charge in [0.1, 0.15) is 5.52 Å². The molecule has 2 heterocycles. The molecule has 0 spiro atoms. The molecule has 0 saturated heterocycles. The van der Waals surface area contributed by atoms with E-state index in [-0.39, 0.29) is 30.3 Å². The largest absolute Gasteiger partial charge is 0.349 e. The minimum atomic E-state index is -2.44. The van der Waals surface area contributed by atoms with Gasteiger partial charge in [-0.15, -0.1) is 0 Å². The molecule has 3 aromatic rings. The van der Waals surface area contributed by atoms with Crippen LogP contribution < -0.4 is 16.2 Å². The average molecular weight is 450 g/mol. The molecular weight excluding hydrogens is 428 g/mol. The Balaban J connectivity index is 1.64. The monoisotopic (exact) mass is 449 g/mol. The Labute approximate surface area is 181 Å². The van der Waals surface area contributed by atoms with Gasteiger partial charge >= 0.3 is 0 Å². The van der Waals surface area contributed by atoms with Crippen molar-refractivity contribution < 1.29 is 13.6 Å². The number of nitrogens with one attached hydrogen (secondary N) is 3. The minimum absolute atomic E-state index is 0.111. The van der Waals surface area contributed by atoms with Crippen LogP contribution in [0.25, 0.3) is 16.8 Å². The Morgan fingerprint density at radius 1 is 1.35 bits per heavy atom. The van der Waals surface area contributed by atoms with E-state index in [0.717, 1.165) is 24.0 Å². The van der Waals surface area contributed by atoms with E-state index in [1.165, 1.54) is 4.52 Å². The van der Waals surface area contributed by atoms with Gasteiger partial charge in [0.2, 0.25) is 0 Å². The maximum Gasteiger partial charge on any atom is 0.274 e. The number of nitrogens with zero attached hydrogens (tertiary/aromatic N) is 2. The number of aromatic nitrogens is 3. The van der Waals surface area contributed by atoms with Gasteiger partial charge in [-0.2, -0.15) is 5.10 Å². The maximum absolute atomic E-state index is 12.9. The average Bonchev–Trinajstić information content (AvgIpc) is 3.48. The number of hydrogen-bond donors (Lipinski definition) is 3. The van der Waals surface area contributed by atoms with Crippen molar-refractivity contribution in [2.45, 2.75) is 32.1 Å². The van der Waals surface area contributed by atoms with E-state index in [4.69, 9.17) is 11.6 Å². The Kier molecular flexibility index (Phi) is 6.06. The molecule has 4 rings (SSSR count). The zero-order valence-corrected chi connectivity index (χ0v) is 17.6. The quantitative estimate of drug-likeness (QED) is 0.461. The van der Waals surface area contributed by atoms with E-state index in [1.807, 2.05) is 13.0 Å². The van der Waals surface area contributed by atoms with E-state index in [2.05, 4.69) is 20.7 Å². The van der Waals surface area contributed by atoms with E-state index in [9.17, 15) is 18.4 Å². The molecule has 0 atom stereocenters. The lowest BCUT2D eigenvalue weighted by Crippen LogP contribution is -2.34. The van der Waals surface area contributed by atoms with Gasteiger partial charge in [0.25, 0.3) is 17.9 Å². The first-order valence-corrected chi connectivity index (χ1v) is 10.4.